The van der Waals surface area contributed by atoms with E-state index in [0.29, 0.717) is 23.8 Å². The lowest BCUT2D eigenvalue weighted by molar-refractivity contribution is 0.134. The number of nitrogens with zero attached hydrogens (tertiary/aromatic N) is 6. The Balaban J connectivity index is 1.32. The highest BCUT2D eigenvalue weighted by atomic mass is 15.3. The van der Waals surface area contributed by atoms with E-state index in [-0.39, 0.29) is 0 Å². The SMILES string of the molecule is CC1CN(c2ccc(C#N)n3nccc23)CC2c3ccc(N4CCC(N)C4)cc3CN12. The summed E-state index contributed by atoms with van der Waals surface area (Å²) in [4.78, 5) is 7.52. The molecular formula is C24H27N7. The Labute approximate surface area is 182 Å². The molecule has 2 saturated heterocycles. The van der Waals surface area contributed by atoms with Crippen molar-refractivity contribution in [1.82, 2.24) is 14.5 Å². The molecule has 0 amide bonds. The molecule has 158 valence electrons. The van der Waals surface area contributed by atoms with Crippen molar-refractivity contribution in [3.05, 3.63) is 59.4 Å². The standard InChI is InChI=1S/C24H27N7/c1-16-12-29(22-5-3-20(11-25)31-23(22)6-8-27-31)15-24-21-4-2-19(10-17(21)13-30(16)24)28-9-7-18(26)14-28/h2-6,8,10,16,18,24H,7,9,12-15,26H2,1H3. The number of rotatable bonds is 2. The first-order chi connectivity index (χ1) is 15.1. The van der Waals surface area contributed by atoms with E-state index < -0.39 is 0 Å². The number of aromatic nitrogens is 2. The highest BCUT2D eigenvalue weighted by Crippen LogP contribution is 2.42. The van der Waals surface area contributed by atoms with Gasteiger partial charge in [-0.3, -0.25) is 4.90 Å². The maximum Gasteiger partial charge on any atom is 0.142 e. The van der Waals surface area contributed by atoms with Gasteiger partial charge in [0.25, 0.3) is 0 Å². The third-order valence-corrected chi connectivity index (χ3v) is 7.26. The summed E-state index contributed by atoms with van der Waals surface area (Å²) in [5.41, 5.74) is 13.1. The summed E-state index contributed by atoms with van der Waals surface area (Å²) in [6.45, 7) is 7.25. The van der Waals surface area contributed by atoms with Crippen LogP contribution in [-0.4, -0.2) is 52.8 Å². The third kappa shape index (κ3) is 2.90. The molecule has 5 heterocycles. The Morgan fingerprint density at radius 3 is 2.81 bits per heavy atom. The van der Waals surface area contributed by atoms with Crippen LogP contribution in [0.15, 0.2) is 42.6 Å². The topological polar surface area (TPSA) is 76.8 Å². The van der Waals surface area contributed by atoms with Gasteiger partial charge in [-0.15, -0.1) is 0 Å². The van der Waals surface area contributed by atoms with E-state index >= 15 is 0 Å². The average molecular weight is 414 g/mol. The van der Waals surface area contributed by atoms with Crippen LogP contribution in [0.5, 0.6) is 0 Å². The van der Waals surface area contributed by atoms with Crippen molar-refractivity contribution in [2.75, 3.05) is 36.0 Å². The van der Waals surface area contributed by atoms with Crippen LogP contribution in [0.4, 0.5) is 11.4 Å². The molecule has 2 aromatic heterocycles. The molecule has 31 heavy (non-hydrogen) atoms. The molecule has 0 saturated carbocycles. The molecule has 2 N–H and O–H groups in total. The highest BCUT2D eigenvalue weighted by molar-refractivity contribution is 5.74. The molecule has 0 aliphatic carbocycles. The predicted octanol–water partition coefficient (Wildman–Crippen LogP) is 2.51. The number of anilines is 2. The monoisotopic (exact) mass is 413 g/mol. The molecule has 0 radical (unpaired) electrons. The van der Waals surface area contributed by atoms with Gasteiger partial charge in [-0.05, 0) is 54.8 Å². The van der Waals surface area contributed by atoms with E-state index in [1.165, 1.54) is 16.8 Å². The Hall–Kier alpha value is -3.08. The Morgan fingerprint density at radius 2 is 2.00 bits per heavy atom. The molecule has 1 aromatic carbocycles. The number of pyridine rings is 1. The van der Waals surface area contributed by atoms with Gasteiger partial charge < -0.3 is 15.5 Å². The molecule has 6 rings (SSSR count). The first-order valence-electron chi connectivity index (χ1n) is 11.1. The lowest BCUT2D eigenvalue weighted by atomic mass is 10.0. The quantitative estimate of drug-likeness (QED) is 0.696. The van der Waals surface area contributed by atoms with Crippen molar-refractivity contribution in [2.45, 2.75) is 38.0 Å². The number of benzene rings is 1. The van der Waals surface area contributed by atoms with Crippen LogP contribution in [0.1, 0.15) is 36.2 Å². The summed E-state index contributed by atoms with van der Waals surface area (Å²) in [6, 6.07) is 16.3. The molecule has 0 spiro atoms. The molecule has 3 aromatic rings. The van der Waals surface area contributed by atoms with Gasteiger partial charge in [-0.1, -0.05) is 6.07 Å². The number of nitrogens with two attached hydrogens (primary N) is 1. The third-order valence-electron chi connectivity index (χ3n) is 7.26. The van der Waals surface area contributed by atoms with E-state index in [0.717, 1.165) is 50.3 Å². The van der Waals surface area contributed by atoms with Gasteiger partial charge in [0.2, 0.25) is 0 Å². The van der Waals surface area contributed by atoms with E-state index in [2.05, 4.69) is 57.1 Å². The summed E-state index contributed by atoms with van der Waals surface area (Å²) < 4.78 is 1.75. The van der Waals surface area contributed by atoms with E-state index in [1.807, 2.05) is 12.1 Å². The minimum atomic E-state index is 0.293. The van der Waals surface area contributed by atoms with Crippen LogP contribution >= 0.6 is 0 Å². The molecule has 3 unspecified atom stereocenters. The number of piperazine rings is 1. The Morgan fingerprint density at radius 1 is 1.10 bits per heavy atom. The normalized spacial score (nSPS) is 25.6. The summed E-state index contributed by atoms with van der Waals surface area (Å²) in [5.74, 6) is 0. The molecule has 3 atom stereocenters. The number of hydrogen-bond acceptors (Lipinski definition) is 6. The fourth-order valence-electron chi connectivity index (χ4n) is 5.68. The maximum atomic E-state index is 9.40. The first kappa shape index (κ1) is 18.7. The van der Waals surface area contributed by atoms with Crippen molar-refractivity contribution < 1.29 is 0 Å². The summed E-state index contributed by atoms with van der Waals surface area (Å²) >= 11 is 0. The number of hydrogen-bond donors (Lipinski definition) is 1. The maximum absolute atomic E-state index is 9.40. The van der Waals surface area contributed by atoms with Crippen LogP contribution in [-0.2, 0) is 6.54 Å². The molecule has 0 bridgehead atoms. The average Bonchev–Trinajstić information content (AvgIpc) is 3.51. The van der Waals surface area contributed by atoms with Crippen molar-refractivity contribution in [3.8, 4) is 6.07 Å². The zero-order valence-electron chi connectivity index (χ0n) is 17.8. The highest BCUT2D eigenvalue weighted by Gasteiger charge is 2.39. The first-order valence-corrected chi connectivity index (χ1v) is 11.1. The molecule has 7 nitrogen and oxygen atoms in total. The molecule has 3 aliphatic heterocycles. The van der Waals surface area contributed by atoms with Crippen LogP contribution in [0.3, 0.4) is 0 Å². The van der Waals surface area contributed by atoms with Gasteiger partial charge in [0.15, 0.2) is 0 Å². The summed E-state index contributed by atoms with van der Waals surface area (Å²) in [5, 5.41) is 13.8. The predicted molar refractivity (Wildman–Crippen MR) is 121 cm³/mol. The smallest absolute Gasteiger partial charge is 0.142 e. The second-order valence-electron chi connectivity index (χ2n) is 9.16. The largest absolute Gasteiger partial charge is 0.370 e. The van der Waals surface area contributed by atoms with Crippen molar-refractivity contribution in [1.29, 1.82) is 5.26 Å². The van der Waals surface area contributed by atoms with E-state index in [4.69, 9.17) is 5.73 Å². The fraction of sp³-hybridized carbons (Fsp3) is 0.417. The molecule has 2 fully saturated rings. The lowest BCUT2D eigenvalue weighted by Crippen LogP contribution is -2.51. The van der Waals surface area contributed by atoms with Gasteiger partial charge in [0.1, 0.15) is 11.8 Å². The van der Waals surface area contributed by atoms with Crippen LogP contribution in [0, 0.1) is 11.3 Å². The zero-order chi connectivity index (χ0) is 21.1. The zero-order valence-corrected chi connectivity index (χ0v) is 17.8. The molecule has 7 heteroatoms. The Bertz CT molecular complexity index is 1190. The van der Waals surface area contributed by atoms with Gasteiger partial charge in [0.05, 0.1) is 23.4 Å². The number of fused-ring (bicyclic) bond motifs is 4. The van der Waals surface area contributed by atoms with Crippen molar-refractivity contribution >= 4 is 16.9 Å². The minimum absolute atomic E-state index is 0.293. The second kappa shape index (κ2) is 6.98. The lowest BCUT2D eigenvalue weighted by Gasteiger charge is -2.43. The Kier molecular flexibility index (Phi) is 4.20. The van der Waals surface area contributed by atoms with E-state index in [1.54, 1.807) is 10.7 Å². The van der Waals surface area contributed by atoms with Crippen molar-refractivity contribution in [3.63, 3.8) is 0 Å². The van der Waals surface area contributed by atoms with Crippen LogP contribution in [0.25, 0.3) is 5.52 Å². The van der Waals surface area contributed by atoms with Crippen LogP contribution < -0.4 is 15.5 Å². The molecular weight excluding hydrogens is 386 g/mol. The van der Waals surface area contributed by atoms with Gasteiger partial charge in [0, 0.05) is 50.5 Å². The summed E-state index contributed by atoms with van der Waals surface area (Å²) in [6.07, 6.45) is 2.85. The van der Waals surface area contributed by atoms with Gasteiger partial charge >= 0.3 is 0 Å². The fourth-order valence-corrected chi connectivity index (χ4v) is 5.68. The second-order valence-corrected chi connectivity index (χ2v) is 9.16. The summed E-state index contributed by atoms with van der Waals surface area (Å²) in [7, 11) is 0. The van der Waals surface area contributed by atoms with Gasteiger partial charge in [-0.25, -0.2) is 4.52 Å². The van der Waals surface area contributed by atoms with E-state index in [9.17, 15) is 5.26 Å². The minimum Gasteiger partial charge on any atom is -0.370 e. The van der Waals surface area contributed by atoms with Gasteiger partial charge in [-0.2, -0.15) is 10.4 Å². The number of nitriles is 1. The van der Waals surface area contributed by atoms with Crippen LogP contribution in [0.2, 0.25) is 0 Å². The van der Waals surface area contributed by atoms with Crippen molar-refractivity contribution in [2.24, 2.45) is 5.73 Å². The molecule has 3 aliphatic rings.